The zero-order valence-corrected chi connectivity index (χ0v) is 10.2. The molecule has 0 unspecified atom stereocenters. The van der Waals surface area contributed by atoms with E-state index < -0.39 is 0 Å². The molecule has 16 heavy (non-hydrogen) atoms. The van der Waals surface area contributed by atoms with Gasteiger partial charge in [-0.1, -0.05) is 18.2 Å². The normalized spacial score (nSPS) is 9.81. The average Bonchev–Trinajstić information content (AvgIpc) is 2.69. The molecule has 0 radical (unpaired) electrons. The minimum absolute atomic E-state index is 0. The summed E-state index contributed by atoms with van der Waals surface area (Å²) in [5, 5.41) is 3.87. The van der Waals surface area contributed by atoms with Crippen LogP contribution in [0.3, 0.4) is 0 Å². The third kappa shape index (κ3) is 2.72. The lowest BCUT2D eigenvalue weighted by Crippen LogP contribution is -2.28. The lowest BCUT2D eigenvalue weighted by molar-refractivity contribution is 0.0959. The molecular weight excluding hydrogens is 244 g/mol. The van der Waals surface area contributed by atoms with Gasteiger partial charge in [0, 0.05) is 17.8 Å². The summed E-state index contributed by atoms with van der Waals surface area (Å²) in [6, 6.07) is 9.87. The average molecular weight is 257 g/mol. The van der Waals surface area contributed by atoms with Crippen molar-refractivity contribution in [1.29, 1.82) is 0 Å². The number of nitrogens with two attached hydrogens (primary N) is 1. The zero-order valence-electron chi connectivity index (χ0n) is 8.60. The van der Waals surface area contributed by atoms with Crippen LogP contribution in [0.4, 0.5) is 0 Å². The Labute approximate surface area is 104 Å². The van der Waals surface area contributed by atoms with Gasteiger partial charge in [-0.15, -0.1) is 23.7 Å². The molecule has 0 saturated heterocycles. The molecule has 0 bridgehead atoms. The highest BCUT2D eigenvalue weighted by Crippen LogP contribution is 2.24. The molecule has 0 aliphatic carbocycles. The van der Waals surface area contributed by atoms with E-state index in [4.69, 9.17) is 5.73 Å². The number of hydrogen-bond acceptors (Lipinski definition) is 3. The highest BCUT2D eigenvalue weighted by atomic mass is 35.5. The Morgan fingerprint density at radius 2 is 2.12 bits per heavy atom. The number of rotatable bonds is 3. The topological polar surface area (TPSA) is 55.1 Å². The molecule has 0 atom stereocenters. The molecule has 1 aromatic heterocycles. The monoisotopic (exact) mass is 256 g/mol. The molecule has 2 aromatic rings. The van der Waals surface area contributed by atoms with E-state index in [1.54, 1.807) is 0 Å². The number of nitrogens with one attached hydrogen (secondary N) is 1. The minimum atomic E-state index is -0.0401. The maximum Gasteiger partial charge on any atom is 0.261 e. The molecule has 0 fully saturated rings. The second-order valence-corrected chi connectivity index (χ2v) is 4.28. The van der Waals surface area contributed by atoms with Crippen LogP contribution in [0.15, 0.2) is 30.3 Å². The number of hydrogen-bond donors (Lipinski definition) is 2. The molecule has 1 amide bonds. The summed E-state index contributed by atoms with van der Waals surface area (Å²) in [7, 11) is 0. The van der Waals surface area contributed by atoms with Crippen molar-refractivity contribution in [2.45, 2.75) is 0 Å². The molecule has 2 rings (SSSR count). The zero-order chi connectivity index (χ0) is 10.7. The second kappa shape index (κ2) is 5.84. The number of fused-ring (bicyclic) bond motifs is 1. The molecule has 86 valence electrons. The van der Waals surface area contributed by atoms with E-state index in [-0.39, 0.29) is 18.3 Å². The van der Waals surface area contributed by atoms with Crippen LogP contribution < -0.4 is 11.1 Å². The first-order chi connectivity index (χ1) is 7.31. The van der Waals surface area contributed by atoms with Gasteiger partial charge in [0.25, 0.3) is 5.91 Å². The Morgan fingerprint density at radius 3 is 2.81 bits per heavy atom. The largest absolute Gasteiger partial charge is 0.350 e. The first-order valence-electron chi connectivity index (χ1n) is 4.78. The van der Waals surface area contributed by atoms with Crippen LogP contribution in [0.1, 0.15) is 9.67 Å². The summed E-state index contributed by atoms with van der Waals surface area (Å²) in [5.74, 6) is -0.0401. The Hall–Kier alpha value is -1.10. The molecule has 0 aliphatic heterocycles. The third-order valence-electron chi connectivity index (χ3n) is 2.08. The van der Waals surface area contributed by atoms with Crippen LogP contribution in [-0.2, 0) is 0 Å². The SMILES string of the molecule is Cl.NCCNC(=O)c1cc2ccccc2s1. The number of amides is 1. The molecule has 0 aliphatic rings. The minimum Gasteiger partial charge on any atom is -0.350 e. The maximum atomic E-state index is 11.6. The first kappa shape index (κ1) is 13.0. The lowest BCUT2D eigenvalue weighted by atomic mass is 10.2. The van der Waals surface area contributed by atoms with Crippen molar-refractivity contribution in [1.82, 2.24) is 5.32 Å². The van der Waals surface area contributed by atoms with Gasteiger partial charge in [-0.2, -0.15) is 0 Å². The fraction of sp³-hybridized carbons (Fsp3) is 0.182. The van der Waals surface area contributed by atoms with Gasteiger partial charge in [-0.05, 0) is 17.5 Å². The van der Waals surface area contributed by atoms with E-state index in [0.717, 1.165) is 15.0 Å². The van der Waals surface area contributed by atoms with Crippen molar-refractivity contribution in [3.63, 3.8) is 0 Å². The maximum absolute atomic E-state index is 11.6. The van der Waals surface area contributed by atoms with Crippen LogP contribution in [0.25, 0.3) is 10.1 Å². The summed E-state index contributed by atoms with van der Waals surface area (Å²) < 4.78 is 1.13. The number of halogens is 1. The van der Waals surface area contributed by atoms with Crippen LogP contribution >= 0.6 is 23.7 Å². The van der Waals surface area contributed by atoms with E-state index in [0.29, 0.717) is 13.1 Å². The van der Waals surface area contributed by atoms with E-state index >= 15 is 0 Å². The molecule has 3 nitrogen and oxygen atoms in total. The first-order valence-corrected chi connectivity index (χ1v) is 5.60. The van der Waals surface area contributed by atoms with Gasteiger partial charge < -0.3 is 11.1 Å². The summed E-state index contributed by atoms with van der Waals surface area (Å²) in [6.45, 7) is 0.990. The predicted molar refractivity (Wildman–Crippen MR) is 70.5 cm³/mol. The van der Waals surface area contributed by atoms with Crippen molar-refractivity contribution in [3.8, 4) is 0 Å². The molecule has 1 heterocycles. The summed E-state index contributed by atoms with van der Waals surface area (Å²) in [6.07, 6.45) is 0. The number of thiophene rings is 1. The van der Waals surface area contributed by atoms with Crippen LogP contribution in [0.2, 0.25) is 0 Å². The molecule has 5 heteroatoms. The van der Waals surface area contributed by atoms with Crippen molar-refractivity contribution >= 4 is 39.7 Å². The van der Waals surface area contributed by atoms with Crippen LogP contribution in [0.5, 0.6) is 0 Å². The lowest BCUT2D eigenvalue weighted by Gasteiger charge is -1.98. The van der Waals surface area contributed by atoms with Crippen LogP contribution in [-0.4, -0.2) is 19.0 Å². The number of benzene rings is 1. The standard InChI is InChI=1S/C11H12N2OS.ClH/c12-5-6-13-11(14)10-7-8-3-1-2-4-9(8)15-10;/h1-4,7H,5-6,12H2,(H,13,14);1H. The van der Waals surface area contributed by atoms with Crippen LogP contribution in [0, 0.1) is 0 Å². The highest BCUT2D eigenvalue weighted by Gasteiger charge is 2.08. The molecular formula is C11H13ClN2OS. The van der Waals surface area contributed by atoms with Crippen molar-refractivity contribution in [2.24, 2.45) is 5.73 Å². The molecule has 0 saturated carbocycles. The fourth-order valence-corrected chi connectivity index (χ4v) is 2.35. The van der Waals surface area contributed by atoms with E-state index in [2.05, 4.69) is 5.32 Å². The van der Waals surface area contributed by atoms with Gasteiger partial charge in [0.15, 0.2) is 0 Å². The summed E-state index contributed by atoms with van der Waals surface area (Å²) in [5.41, 5.74) is 5.32. The number of carbonyl (C=O) groups is 1. The number of carbonyl (C=O) groups excluding carboxylic acids is 1. The van der Waals surface area contributed by atoms with Crippen molar-refractivity contribution < 1.29 is 4.79 Å². The Morgan fingerprint density at radius 1 is 1.38 bits per heavy atom. The smallest absolute Gasteiger partial charge is 0.261 e. The molecule has 1 aromatic carbocycles. The Kier molecular flexibility index (Phi) is 4.73. The Balaban J connectivity index is 0.00000128. The highest BCUT2D eigenvalue weighted by molar-refractivity contribution is 7.20. The summed E-state index contributed by atoms with van der Waals surface area (Å²) in [4.78, 5) is 12.4. The van der Waals surface area contributed by atoms with Gasteiger partial charge in [-0.25, -0.2) is 0 Å². The van der Waals surface area contributed by atoms with E-state index in [9.17, 15) is 4.79 Å². The fourth-order valence-electron chi connectivity index (χ4n) is 1.37. The molecule has 3 N–H and O–H groups in total. The third-order valence-corrected chi connectivity index (χ3v) is 3.19. The van der Waals surface area contributed by atoms with Gasteiger partial charge in [0.2, 0.25) is 0 Å². The quantitative estimate of drug-likeness (QED) is 0.883. The van der Waals surface area contributed by atoms with E-state index in [1.165, 1.54) is 11.3 Å². The summed E-state index contributed by atoms with van der Waals surface area (Å²) >= 11 is 1.50. The van der Waals surface area contributed by atoms with Gasteiger partial charge >= 0.3 is 0 Å². The van der Waals surface area contributed by atoms with E-state index in [1.807, 2.05) is 30.3 Å². The Bertz CT molecular complexity index is 451. The van der Waals surface area contributed by atoms with Gasteiger partial charge in [-0.3, -0.25) is 4.79 Å². The molecule has 0 spiro atoms. The second-order valence-electron chi connectivity index (χ2n) is 3.19. The van der Waals surface area contributed by atoms with Crippen molar-refractivity contribution in [3.05, 3.63) is 35.2 Å². The van der Waals surface area contributed by atoms with Gasteiger partial charge in [0.1, 0.15) is 0 Å². The van der Waals surface area contributed by atoms with Gasteiger partial charge in [0.05, 0.1) is 4.88 Å². The predicted octanol–water partition coefficient (Wildman–Crippen LogP) is 2.01. The van der Waals surface area contributed by atoms with Crippen molar-refractivity contribution in [2.75, 3.05) is 13.1 Å².